The molecule has 0 radical (unpaired) electrons. The van der Waals surface area contributed by atoms with E-state index in [-0.39, 0.29) is 0 Å². The molecule has 3 heteroatoms. The smallest absolute Gasteiger partial charge is 0.140 e. The Balaban J connectivity index is 2.20. The molecule has 1 saturated carbocycles. The summed E-state index contributed by atoms with van der Waals surface area (Å²) in [6.45, 7) is 0. The lowest BCUT2D eigenvalue weighted by molar-refractivity contribution is 0.398. The van der Waals surface area contributed by atoms with Crippen LogP contribution in [0.3, 0.4) is 0 Å². The van der Waals surface area contributed by atoms with E-state index < -0.39 is 0 Å². The van der Waals surface area contributed by atoms with Gasteiger partial charge in [-0.25, -0.2) is 0 Å². The van der Waals surface area contributed by atoms with E-state index in [2.05, 4.69) is 20.9 Å². The summed E-state index contributed by atoms with van der Waals surface area (Å²) in [5, 5.41) is 0. The molecule has 0 spiro atoms. The zero-order valence-electron chi connectivity index (χ0n) is 9.66. The predicted octanol–water partition coefficient (Wildman–Crippen LogP) is 3.90. The summed E-state index contributed by atoms with van der Waals surface area (Å²) in [5.74, 6) is 1.48. The maximum absolute atomic E-state index is 5.40. The van der Waals surface area contributed by atoms with Crippen molar-refractivity contribution in [3.63, 3.8) is 0 Å². The normalized spacial score (nSPS) is 26.1. The lowest BCUT2D eigenvalue weighted by Gasteiger charge is -2.17. The Kier molecular flexibility index (Phi) is 4.22. The van der Waals surface area contributed by atoms with Crippen LogP contribution < -0.4 is 4.74 Å². The van der Waals surface area contributed by atoms with Crippen LogP contribution in [0.1, 0.15) is 43.7 Å². The predicted molar refractivity (Wildman–Crippen MR) is 69.3 cm³/mol. The quantitative estimate of drug-likeness (QED) is 0.607. The van der Waals surface area contributed by atoms with Crippen molar-refractivity contribution in [2.75, 3.05) is 7.11 Å². The molecule has 1 aliphatic carbocycles. The van der Waals surface area contributed by atoms with Crippen molar-refractivity contribution in [2.24, 2.45) is 0 Å². The molecule has 0 amide bonds. The van der Waals surface area contributed by atoms with Crippen molar-refractivity contribution in [3.05, 3.63) is 24.0 Å². The Morgan fingerprint density at radius 3 is 3.00 bits per heavy atom. The number of alkyl halides is 1. The summed E-state index contributed by atoms with van der Waals surface area (Å²) in [6.07, 6.45) is 8.18. The molecular formula is C13H18BrNO. The molecule has 0 aliphatic heterocycles. The summed E-state index contributed by atoms with van der Waals surface area (Å²) in [6, 6.07) is 3.95. The molecule has 88 valence electrons. The number of halogens is 1. The number of aromatic nitrogens is 1. The molecule has 1 aromatic rings. The van der Waals surface area contributed by atoms with E-state index in [4.69, 9.17) is 4.74 Å². The topological polar surface area (TPSA) is 22.1 Å². The van der Waals surface area contributed by atoms with Gasteiger partial charge in [0.25, 0.3) is 0 Å². The molecule has 0 bridgehead atoms. The number of nitrogens with zero attached hydrogens (tertiary/aromatic N) is 1. The molecule has 1 aliphatic rings. The van der Waals surface area contributed by atoms with Crippen LogP contribution in [0.2, 0.25) is 0 Å². The van der Waals surface area contributed by atoms with Crippen molar-refractivity contribution >= 4 is 15.9 Å². The largest absolute Gasteiger partial charge is 0.495 e. The third-order valence-electron chi connectivity index (χ3n) is 3.27. The highest BCUT2D eigenvalue weighted by molar-refractivity contribution is 9.09. The molecule has 1 fully saturated rings. The van der Waals surface area contributed by atoms with Gasteiger partial charge in [0.15, 0.2) is 0 Å². The number of ether oxygens (including phenoxy) is 1. The first-order valence-corrected chi connectivity index (χ1v) is 6.86. The number of hydrogen-bond donors (Lipinski definition) is 0. The minimum absolute atomic E-state index is 0.544. The number of hydrogen-bond acceptors (Lipinski definition) is 2. The van der Waals surface area contributed by atoms with Crippen LogP contribution >= 0.6 is 15.9 Å². The molecule has 1 heterocycles. The van der Waals surface area contributed by atoms with Crippen molar-refractivity contribution in [3.8, 4) is 5.75 Å². The third kappa shape index (κ3) is 2.76. The van der Waals surface area contributed by atoms with Crippen LogP contribution in [0.5, 0.6) is 5.75 Å². The number of pyridine rings is 1. The molecule has 2 rings (SSSR count). The van der Waals surface area contributed by atoms with Gasteiger partial charge in [0.05, 0.1) is 12.8 Å². The maximum Gasteiger partial charge on any atom is 0.140 e. The lowest BCUT2D eigenvalue weighted by atomic mass is 9.95. The van der Waals surface area contributed by atoms with E-state index in [0.717, 1.165) is 11.4 Å². The molecule has 0 aromatic carbocycles. The van der Waals surface area contributed by atoms with E-state index in [1.54, 1.807) is 7.11 Å². The first kappa shape index (κ1) is 11.9. The summed E-state index contributed by atoms with van der Waals surface area (Å²) < 4.78 is 5.40. The first-order valence-electron chi connectivity index (χ1n) is 5.94. The Morgan fingerprint density at radius 1 is 1.38 bits per heavy atom. The van der Waals surface area contributed by atoms with Gasteiger partial charge in [-0.05, 0) is 31.4 Å². The van der Waals surface area contributed by atoms with Crippen LogP contribution in [0.25, 0.3) is 0 Å². The standard InChI is InChI=1S/C13H18BrNO/c1-16-12-7-4-8-15-13(12)10-5-2-3-6-11(14)9-10/h4,7-8,10-11H,2-3,5-6,9H2,1H3. The van der Waals surface area contributed by atoms with E-state index in [1.807, 2.05) is 18.3 Å². The van der Waals surface area contributed by atoms with Crippen LogP contribution in [0.15, 0.2) is 18.3 Å². The van der Waals surface area contributed by atoms with Crippen molar-refractivity contribution in [2.45, 2.75) is 42.8 Å². The molecule has 2 nitrogen and oxygen atoms in total. The molecule has 0 N–H and O–H groups in total. The minimum atomic E-state index is 0.544. The average Bonchev–Trinajstić information content (AvgIpc) is 2.54. The van der Waals surface area contributed by atoms with E-state index in [0.29, 0.717) is 10.7 Å². The number of methoxy groups -OCH3 is 1. The molecule has 16 heavy (non-hydrogen) atoms. The fourth-order valence-electron chi connectivity index (χ4n) is 2.43. The van der Waals surface area contributed by atoms with E-state index >= 15 is 0 Å². The second-order valence-corrected chi connectivity index (χ2v) is 5.70. The fourth-order valence-corrected chi connectivity index (χ4v) is 3.21. The Bertz CT molecular complexity index is 342. The zero-order chi connectivity index (χ0) is 11.4. The summed E-state index contributed by atoms with van der Waals surface area (Å²) >= 11 is 3.75. The van der Waals surface area contributed by atoms with Crippen LogP contribution in [0, 0.1) is 0 Å². The van der Waals surface area contributed by atoms with Crippen LogP contribution in [-0.4, -0.2) is 16.9 Å². The van der Waals surface area contributed by atoms with E-state index in [1.165, 1.54) is 32.1 Å². The van der Waals surface area contributed by atoms with Crippen molar-refractivity contribution in [1.29, 1.82) is 0 Å². The fraction of sp³-hybridized carbons (Fsp3) is 0.615. The van der Waals surface area contributed by atoms with Gasteiger partial charge in [0, 0.05) is 16.9 Å². The molecule has 1 aromatic heterocycles. The van der Waals surface area contributed by atoms with Gasteiger partial charge in [-0.15, -0.1) is 0 Å². The highest BCUT2D eigenvalue weighted by Crippen LogP contribution is 2.37. The van der Waals surface area contributed by atoms with Crippen LogP contribution in [-0.2, 0) is 0 Å². The van der Waals surface area contributed by atoms with E-state index in [9.17, 15) is 0 Å². The monoisotopic (exact) mass is 283 g/mol. The van der Waals surface area contributed by atoms with Crippen molar-refractivity contribution < 1.29 is 4.74 Å². The SMILES string of the molecule is COc1cccnc1C1CCCCC(Br)C1. The van der Waals surface area contributed by atoms with Gasteiger partial charge in [0.2, 0.25) is 0 Å². The van der Waals surface area contributed by atoms with Gasteiger partial charge < -0.3 is 4.74 Å². The average molecular weight is 284 g/mol. The first-order chi connectivity index (χ1) is 7.81. The summed E-state index contributed by atoms with van der Waals surface area (Å²) in [4.78, 5) is 5.13. The Labute approximate surface area is 106 Å². The molecular weight excluding hydrogens is 266 g/mol. The molecule has 2 atom stereocenters. The zero-order valence-corrected chi connectivity index (χ0v) is 11.2. The summed E-state index contributed by atoms with van der Waals surface area (Å²) in [5.41, 5.74) is 1.14. The van der Waals surface area contributed by atoms with Gasteiger partial charge in [0.1, 0.15) is 5.75 Å². The second kappa shape index (κ2) is 5.67. The Hall–Kier alpha value is -0.570. The summed E-state index contributed by atoms with van der Waals surface area (Å²) in [7, 11) is 1.73. The molecule has 0 saturated heterocycles. The second-order valence-electron chi connectivity index (χ2n) is 4.41. The van der Waals surface area contributed by atoms with Gasteiger partial charge in [-0.2, -0.15) is 0 Å². The number of rotatable bonds is 2. The van der Waals surface area contributed by atoms with Crippen LogP contribution in [0.4, 0.5) is 0 Å². The van der Waals surface area contributed by atoms with Gasteiger partial charge in [-0.1, -0.05) is 28.8 Å². The highest BCUT2D eigenvalue weighted by atomic mass is 79.9. The maximum atomic E-state index is 5.40. The Morgan fingerprint density at radius 2 is 2.19 bits per heavy atom. The van der Waals surface area contributed by atoms with Crippen molar-refractivity contribution in [1.82, 2.24) is 4.98 Å². The third-order valence-corrected chi connectivity index (χ3v) is 4.10. The highest BCUT2D eigenvalue weighted by Gasteiger charge is 2.23. The molecule has 2 unspecified atom stereocenters. The minimum Gasteiger partial charge on any atom is -0.495 e. The lowest BCUT2D eigenvalue weighted by Crippen LogP contribution is -2.07. The van der Waals surface area contributed by atoms with Gasteiger partial charge in [-0.3, -0.25) is 4.98 Å². The van der Waals surface area contributed by atoms with Gasteiger partial charge >= 0.3 is 0 Å².